The summed E-state index contributed by atoms with van der Waals surface area (Å²) in [6.45, 7) is 5.68. The number of aryl methyl sites for hydroxylation is 1. The minimum Gasteiger partial charge on any atom is -0.378 e. The molecule has 0 N–H and O–H groups in total. The van der Waals surface area contributed by atoms with Gasteiger partial charge in [-0.3, -0.25) is 0 Å². The van der Waals surface area contributed by atoms with E-state index in [9.17, 15) is 0 Å². The molecule has 0 aromatic carbocycles. The van der Waals surface area contributed by atoms with Gasteiger partial charge in [-0.15, -0.1) is 11.3 Å². The molecule has 0 radical (unpaired) electrons. The SMILES string of the molecule is c1nc(N2CCCC2)c2sc3nc(N4CCOCC4)c4c(c3c2n1)CCC4. The minimum atomic E-state index is 0.797. The first kappa shape index (κ1) is 16.0. The number of ether oxygens (including phenoxy) is 1. The topological polar surface area (TPSA) is 54.4 Å². The average molecular weight is 382 g/mol. The molecule has 2 saturated heterocycles. The van der Waals surface area contributed by atoms with Crippen LogP contribution in [0.15, 0.2) is 6.33 Å². The number of fused-ring (bicyclic) bond motifs is 5. The molecule has 0 amide bonds. The molecular formula is C20H23N5OS. The highest BCUT2D eigenvalue weighted by Gasteiger charge is 2.28. The molecule has 6 rings (SSSR count). The quantitative estimate of drug-likeness (QED) is 0.680. The first-order valence-corrected chi connectivity index (χ1v) is 10.9. The summed E-state index contributed by atoms with van der Waals surface area (Å²) < 4.78 is 6.78. The lowest BCUT2D eigenvalue weighted by Gasteiger charge is -2.29. The molecule has 0 bridgehead atoms. The van der Waals surface area contributed by atoms with Gasteiger partial charge in [0.05, 0.1) is 23.4 Å². The molecule has 2 aliphatic heterocycles. The largest absolute Gasteiger partial charge is 0.378 e. The van der Waals surface area contributed by atoms with Crippen molar-refractivity contribution in [2.75, 3.05) is 49.2 Å². The first-order chi connectivity index (χ1) is 13.4. The van der Waals surface area contributed by atoms with E-state index >= 15 is 0 Å². The molecular weight excluding hydrogens is 358 g/mol. The van der Waals surface area contributed by atoms with E-state index in [1.54, 1.807) is 17.7 Å². The number of thiophene rings is 1. The Bertz CT molecular complexity index is 1020. The molecule has 3 aromatic rings. The average Bonchev–Trinajstić information content (AvgIpc) is 3.45. The zero-order chi connectivity index (χ0) is 17.8. The Labute approximate surface area is 162 Å². The van der Waals surface area contributed by atoms with Gasteiger partial charge in [-0.2, -0.15) is 0 Å². The lowest BCUT2D eigenvalue weighted by molar-refractivity contribution is 0.122. The standard InChI is InChI=1S/C20H23N5OS/c1-2-7-24(6-1)19-17-16(21-12-22-19)15-13-4-3-5-14(13)18(23-20(15)27-17)25-8-10-26-11-9-25/h12H,1-11H2. The van der Waals surface area contributed by atoms with Gasteiger partial charge in [0, 0.05) is 31.6 Å². The zero-order valence-corrected chi connectivity index (χ0v) is 16.2. The van der Waals surface area contributed by atoms with Crippen LogP contribution in [0.2, 0.25) is 0 Å². The van der Waals surface area contributed by atoms with Crippen molar-refractivity contribution in [2.45, 2.75) is 32.1 Å². The number of pyridine rings is 1. The van der Waals surface area contributed by atoms with Crippen LogP contribution in [0.25, 0.3) is 20.4 Å². The molecule has 0 saturated carbocycles. The Balaban J connectivity index is 1.59. The van der Waals surface area contributed by atoms with E-state index in [4.69, 9.17) is 14.7 Å². The fourth-order valence-electron chi connectivity index (χ4n) is 4.86. The molecule has 1 aliphatic carbocycles. The maximum atomic E-state index is 5.56. The number of anilines is 2. The first-order valence-electron chi connectivity index (χ1n) is 10.1. The van der Waals surface area contributed by atoms with Crippen LogP contribution in [-0.4, -0.2) is 54.3 Å². The van der Waals surface area contributed by atoms with Crippen molar-refractivity contribution < 1.29 is 4.74 Å². The number of aromatic nitrogens is 3. The highest BCUT2D eigenvalue weighted by Crippen LogP contribution is 2.44. The molecule has 7 heteroatoms. The third kappa shape index (κ3) is 2.44. The van der Waals surface area contributed by atoms with Crippen LogP contribution in [-0.2, 0) is 17.6 Å². The van der Waals surface area contributed by atoms with Crippen molar-refractivity contribution in [1.82, 2.24) is 15.0 Å². The van der Waals surface area contributed by atoms with Crippen molar-refractivity contribution in [2.24, 2.45) is 0 Å². The van der Waals surface area contributed by atoms with Gasteiger partial charge >= 0.3 is 0 Å². The van der Waals surface area contributed by atoms with Crippen LogP contribution in [0.1, 0.15) is 30.4 Å². The summed E-state index contributed by atoms with van der Waals surface area (Å²) in [5, 5.41) is 1.29. The molecule has 2 fully saturated rings. The van der Waals surface area contributed by atoms with E-state index in [0.717, 1.165) is 68.4 Å². The summed E-state index contributed by atoms with van der Waals surface area (Å²) in [4.78, 5) is 20.5. The van der Waals surface area contributed by atoms with Gasteiger partial charge in [-0.1, -0.05) is 0 Å². The summed E-state index contributed by atoms with van der Waals surface area (Å²) >= 11 is 1.78. The highest BCUT2D eigenvalue weighted by molar-refractivity contribution is 7.26. The van der Waals surface area contributed by atoms with E-state index in [0.29, 0.717) is 0 Å². The molecule has 3 aliphatic rings. The van der Waals surface area contributed by atoms with E-state index in [-0.39, 0.29) is 0 Å². The van der Waals surface area contributed by atoms with Gasteiger partial charge < -0.3 is 14.5 Å². The van der Waals surface area contributed by atoms with Crippen molar-refractivity contribution in [3.05, 3.63) is 17.5 Å². The smallest absolute Gasteiger partial charge is 0.150 e. The number of morpholine rings is 1. The van der Waals surface area contributed by atoms with Crippen LogP contribution in [0.4, 0.5) is 11.6 Å². The Morgan fingerprint density at radius 2 is 1.63 bits per heavy atom. The van der Waals surface area contributed by atoms with Crippen LogP contribution in [0.3, 0.4) is 0 Å². The lowest BCUT2D eigenvalue weighted by Crippen LogP contribution is -2.37. The maximum Gasteiger partial charge on any atom is 0.150 e. The van der Waals surface area contributed by atoms with Crippen LogP contribution >= 0.6 is 11.3 Å². The molecule has 3 aromatic heterocycles. The van der Waals surface area contributed by atoms with Crippen LogP contribution < -0.4 is 9.80 Å². The van der Waals surface area contributed by atoms with Crippen LogP contribution in [0, 0.1) is 0 Å². The van der Waals surface area contributed by atoms with E-state index in [1.165, 1.54) is 46.3 Å². The summed E-state index contributed by atoms with van der Waals surface area (Å²) in [6.07, 6.45) is 7.75. The summed E-state index contributed by atoms with van der Waals surface area (Å²) in [7, 11) is 0. The highest BCUT2D eigenvalue weighted by atomic mass is 32.1. The summed E-state index contributed by atoms with van der Waals surface area (Å²) in [5.41, 5.74) is 4.05. The minimum absolute atomic E-state index is 0.797. The van der Waals surface area contributed by atoms with Crippen molar-refractivity contribution in [1.29, 1.82) is 0 Å². The Kier molecular flexibility index (Phi) is 3.72. The van der Waals surface area contributed by atoms with E-state index in [1.807, 2.05) is 0 Å². The zero-order valence-electron chi connectivity index (χ0n) is 15.4. The monoisotopic (exact) mass is 381 g/mol. The third-order valence-electron chi connectivity index (χ3n) is 6.15. The molecule has 0 unspecified atom stereocenters. The Morgan fingerprint density at radius 1 is 0.852 bits per heavy atom. The second-order valence-corrected chi connectivity index (χ2v) is 8.70. The summed E-state index contributed by atoms with van der Waals surface area (Å²) in [5.74, 6) is 2.31. The van der Waals surface area contributed by atoms with Gasteiger partial charge in [0.2, 0.25) is 0 Å². The molecule has 0 atom stereocenters. The second kappa shape index (κ2) is 6.27. The van der Waals surface area contributed by atoms with Gasteiger partial charge in [-0.25, -0.2) is 15.0 Å². The number of hydrogen-bond donors (Lipinski definition) is 0. The third-order valence-corrected chi connectivity index (χ3v) is 7.22. The summed E-state index contributed by atoms with van der Waals surface area (Å²) in [6, 6.07) is 0. The normalized spacial score (nSPS) is 20.1. The van der Waals surface area contributed by atoms with Gasteiger partial charge in [-0.05, 0) is 43.2 Å². The number of nitrogens with zero attached hydrogens (tertiary/aromatic N) is 5. The fourth-order valence-corrected chi connectivity index (χ4v) is 6.03. The van der Waals surface area contributed by atoms with E-state index < -0.39 is 0 Å². The second-order valence-electron chi connectivity index (χ2n) is 7.70. The van der Waals surface area contributed by atoms with Crippen LogP contribution in [0.5, 0.6) is 0 Å². The molecule has 140 valence electrons. The maximum absolute atomic E-state index is 5.56. The Morgan fingerprint density at radius 3 is 2.48 bits per heavy atom. The predicted octanol–water partition coefficient (Wildman–Crippen LogP) is 3.17. The van der Waals surface area contributed by atoms with Crippen molar-refractivity contribution in [3.8, 4) is 0 Å². The number of rotatable bonds is 2. The molecule has 6 nitrogen and oxygen atoms in total. The lowest BCUT2D eigenvalue weighted by atomic mass is 10.1. The van der Waals surface area contributed by atoms with Crippen molar-refractivity contribution in [3.63, 3.8) is 0 Å². The fraction of sp³-hybridized carbons (Fsp3) is 0.550. The molecule has 27 heavy (non-hydrogen) atoms. The molecule has 0 spiro atoms. The predicted molar refractivity (Wildman–Crippen MR) is 109 cm³/mol. The van der Waals surface area contributed by atoms with Gasteiger partial charge in [0.1, 0.15) is 22.8 Å². The molecule has 5 heterocycles. The van der Waals surface area contributed by atoms with Crippen molar-refractivity contribution >= 4 is 43.4 Å². The van der Waals surface area contributed by atoms with Gasteiger partial charge in [0.15, 0.2) is 0 Å². The Hall–Kier alpha value is -1.99. The number of hydrogen-bond acceptors (Lipinski definition) is 7. The van der Waals surface area contributed by atoms with Gasteiger partial charge in [0.25, 0.3) is 0 Å². The van der Waals surface area contributed by atoms with E-state index in [2.05, 4.69) is 14.8 Å².